The van der Waals surface area contributed by atoms with E-state index in [1.165, 1.54) is 19.3 Å². The molecule has 1 aliphatic carbocycles. The fourth-order valence-corrected chi connectivity index (χ4v) is 3.06. The molecule has 1 aliphatic rings. The Morgan fingerprint density at radius 3 is 2.35 bits per heavy atom. The molecule has 110 valence electrons. The molecule has 1 aromatic carbocycles. The monoisotopic (exact) mass is 314 g/mol. The van der Waals surface area contributed by atoms with Crippen molar-refractivity contribution in [2.24, 2.45) is 0 Å². The van der Waals surface area contributed by atoms with Gasteiger partial charge in [-0.2, -0.15) is 0 Å². The van der Waals surface area contributed by atoms with Crippen molar-refractivity contribution in [2.45, 2.75) is 51.0 Å². The number of rotatable bonds is 2. The Labute approximate surface area is 129 Å². The van der Waals surface area contributed by atoms with Gasteiger partial charge in [-0.15, -0.1) is 0 Å². The first-order chi connectivity index (χ1) is 9.58. The van der Waals surface area contributed by atoms with Gasteiger partial charge in [0.1, 0.15) is 0 Å². The number of nitrogens with one attached hydrogen (secondary N) is 1. The van der Waals surface area contributed by atoms with Gasteiger partial charge in [-0.1, -0.05) is 55.3 Å². The van der Waals surface area contributed by atoms with E-state index in [2.05, 4.69) is 5.32 Å². The quantitative estimate of drug-likeness (QED) is 0.794. The smallest absolute Gasteiger partial charge is 0.253 e. The maximum absolute atomic E-state index is 12.3. The van der Waals surface area contributed by atoms with Crippen molar-refractivity contribution >= 4 is 34.8 Å². The van der Waals surface area contributed by atoms with Crippen LogP contribution in [-0.4, -0.2) is 11.9 Å². The van der Waals surface area contributed by atoms with Gasteiger partial charge in [0.2, 0.25) is 0 Å². The molecule has 1 aromatic rings. The number of hydrogen-bond acceptors (Lipinski definition) is 2. The lowest BCUT2D eigenvalue weighted by atomic mass is 9.96. The predicted molar refractivity (Wildman–Crippen MR) is 84.4 cm³/mol. The Morgan fingerprint density at radius 1 is 1.10 bits per heavy atom. The molecule has 5 heteroatoms. The third kappa shape index (κ3) is 4.03. The van der Waals surface area contributed by atoms with Crippen LogP contribution in [0.4, 0.5) is 5.69 Å². The van der Waals surface area contributed by atoms with Crippen molar-refractivity contribution in [3.8, 4) is 0 Å². The minimum atomic E-state index is -0.185. The number of hydrogen-bond donors (Lipinski definition) is 2. The molecule has 0 aliphatic heterocycles. The molecule has 0 saturated heterocycles. The Hall–Kier alpha value is -0.930. The van der Waals surface area contributed by atoms with Gasteiger partial charge in [0.25, 0.3) is 5.91 Å². The Morgan fingerprint density at radius 2 is 1.70 bits per heavy atom. The van der Waals surface area contributed by atoms with E-state index in [9.17, 15) is 4.79 Å². The van der Waals surface area contributed by atoms with Gasteiger partial charge < -0.3 is 11.1 Å². The van der Waals surface area contributed by atoms with E-state index >= 15 is 0 Å². The molecular formula is C15H20Cl2N2O. The highest BCUT2D eigenvalue weighted by Gasteiger charge is 2.18. The maximum atomic E-state index is 12.3. The van der Waals surface area contributed by atoms with Gasteiger partial charge in [-0.3, -0.25) is 4.79 Å². The number of carbonyl (C=O) groups is 1. The van der Waals surface area contributed by atoms with E-state index in [-0.39, 0.29) is 17.0 Å². The van der Waals surface area contributed by atoms with Crippen LogP contribution in [0.1, 0.15) is 55.3 Å². The van der Waals surface area contributed by atoms with Crippen molar-refractivity contribution < 1.29 is 4.79 Å². The van der Waals surface area contributed by atoms with Crippen LogP contribution in [0.2, 0.25) is 10.0 Å². The Kier molecular flexibility index (Phi) is 5.55. The molecule has 0 aromatic heterocycles. The molecule has 0 spiro atoms. The van der Waals surface area contributed by atoms with E-state index < -0.39 is 0 Å². The number of anilines is 1. The summed E-state index contributed by atoms with van der Waals surface area (Å²) in [5.74, 6) is -0.185. The molecule has 2 rings (SSSR count). The van der Waals surface area contributed by atoms with Crippen molar-refractivity contribution in [3.63, 3.8) is 0 Å². The van der Waals surface area contributed by atoms with E-state index in [1.807, 2.05) is 0 Å². The van der Waals surface area contributed by atoms with Gasteiger partial charge in [0, 0.05) is 11.7 Å². The molecule has 20 heavy (non-hydrogen) atoms. The van der Waals surface area contributed by atoms with Crippen LogP contribution in [0.25, 0.3) is 0 Å². The summed E-state index contributed by atoms with van der Waals surface area (Å²) in [6.07, 6.45) is 8.18. The van der Waals surface area contributed by atoms with Crippen LogP contribution in [-0.2, 0) is 0 Å². The summed E-state index contributed by atoms with van der Waals surface area (Å²) in [7, 11) is 0. The second kappa shape index (κ2) is 7.19. The lowest BCUT2D eigenvalue weighted by Gasteiger charge is -2.21. The number of carbonyl (C=O) groups excluding carboxylic acids is 1. The van der Waals surface area contributed by atoms with Gasteiger partial charge in [-0.25, -0.2) is 0 Å². The fraction of sp³-hybridized carbons (Fsp3) is 0.533. The van der Waals surface area contributed by atoms with E-state index in [0.29, 0.717) is 16.3 Å². The largest absolute Gasteiger partial charge is 0.399 e. The van der Waals surface area contributed by atoms with E-state index in [0.717, 1.165) is 25.7 Å². The maximum Gasteiger partial charge on any atom is 0.253 e. The van der Waals surface area contributed by atoms with Crippen LogP contribution in [0.5, 0.6) is 0 Å². The highest BCUT2D eigenvalue weighted by Crippen LogP contribution is 2.29. The van der Waals surface area contributed by atoms with Gasteiger partial charge in [-0.05, 0) is 25.0 Å². The fourth-order valence-electron chi connectivity index (χ4n) is 2.64. The van der Waals surface area contributed by atoms with Crippen molar-refractivity contribution in [3.05, 3.63) is 27.7 Å². The number of nitrogen functional groups attached to an aromatic ring is 1. The number of nitrogens with two attached hydrogens (primary N) is 1. The van der Waals surface area contributed by atoms with Crippen LogP contribution < -0.4 is 11.1 Å². The SMILES string of the molecule is Nc1cc(Cl)c(Cl)c(C(=O)NC2CCCCCCC2)c1. The number of amides is 1. The average molecular weight is 315 g/mol. The molecule has 3 nitrogen and oxygen atoms in total. The number of halogens is 2. The zero-order chi connectivity index (χ0) is 14.5. The zero-order valence-electron chi connectivity index (χ0n) is 11.4. The Balaban J connectivity index is 2.07. The first kappa shape index (κ1) is 15.5. The molecule has 0 atom stereocenters. The molecule has 3 N–H and O–H groups in total. The third-order valence-corrected chi connectivity index (χ3v) is 4.54. The van der Waals surface area contributed by atoms with Crippen LogP contribution in [0.15, 0.2) is 12.1 Å². The van der Waals surface area contributed by atoms with Crippen LogP contribution in [0.3, 0.4) is 0 Å². The van der Waals surface area contributed by atoms with Crippen molar-refractivity contribution in [1.82, 2.24) is 5.32 Å². The molecule has 0 unspecified atom stereocenters. The van der Waals surface area contributed by atoms with E-state index in [1.54, 1.807) is 12.1 Å². The minimum absolute atomic E-state index is 0.185. The van der Waals surface area contributed by atoms with Gasteiger partial charge in [0.05, 0.1) is 15.6 Å². The lowest BCUT2D eigenvalue weighted by molar-refractivity contribution is 0.0930. The summed E-state index contributed by atoms with van der Waals surface area (Å²) in [4.78, 5) is 12.3. The summed E-state index contributed by atoms with van der Waals surface area (Å²) in [6.45, 7) is 0. The average Bonchev–Trinajstić information content (AvgIpc) is 2.36. The summed E-state index contributed by atoms with van der Waals surface area (Å²) in [5, 5.41) is 3.64. The topological polar surface area (TPSA) is 55.1 Å². The summed E-state index contributed by atoms with van der Waals surface area (Å²) in [5.41, 5.74) is 6.53. The first-order valence-electron chi connectivity index (χ1n) is 7.13. The summed E-state index contributed by atoms with van der Waals surface area (Å²) < 4.78 is 0. The van der Waals surface area contributed by atoms with Crippen LogP contribution in [0, 0.1) is 0 Å². The minimum Gasteiger partial charge on any atom is -0.399 e. The molecule has 1 fully saturated rings. The van der Waals surface area contributed by atoms with Crippen molar-refractivity contribution in [2.75, 3.05) is 5.73 Å². The highest BCUT2D eigenvalue weighted by molar-refractivity contribution is 6.44. The molecular weight excluding hydrogens is 295 g/mol. The predicted octanol–water partition coefficient (Wildman–Crippen LogP) is 4.42. The first-order valence-corrected chi connectivity index (χ1v) is 7.89. The molecule has 0 heterocycles. The summed E-state index contributed by atoms with van der Waals surface area (Å²) >= 11 is 12.0. The molecule has 1 saturated carbocycles. The van der Waals surface area contributed by atoms with E-state index in [4.69, 9.17) is 28.9 Å². The number of benzene rings is 1. The van der Waals surface area contributed by atoms with Gasteiger partial charge >= 0.3 is 0 Å². The lowest BCUT2D eigenvalue weighted by Crippen LogP contribution is -2.35. The summed E-state index contributed by atoms with van der Waals surface area (Å²) in [6, 6.07) is 3.35. The highest BCUT2D eigenvalue weighted by atomic mass is 35.5. The molecule has 0 radical (unpaired) electrons. The Bertz CT molecular complexity index is 483. The van der Waals surface area contributed by atoms with Crippen molar-refractivity contribution in [1.29, 1.82) is 0 Å². The zero-order valence-corrected chi connectivity index (χ0v) is 12.9. The second-order valence-corrected chi connectivity index (χ2v) is 6.16. The molecule has 1 amide bonds. The standard InChI is InChI=1S/C15H20Cl2N2O/c16-13-9-10(18)8-12(14(13)17)15(20)19-11-6-4-2-1-3-5-7-11/h8-9,11H,1-7,18H2,(H,19,20). The normalized spacial score (nSPS) is 17.3. The van der Waals surface area contributed by atoms with Crippen LogP contribution >= 0.6 is 23.2 Å². The van der Waals surface area contributed by atoms with Gasteiger partial charge in [0.15, 0.2) is 0 Å². The second-order valence-electron chi connectivity index (χ2n) is 5.38. The third-order valence-electron chi connectivity index (χ3n) is 3.74. The molecule has 0 bridgehead atoms.